The van der Waals surface area contributed by atoms with E-state index in [1.165, 1.54) is 6.07 Å². The maximum absolute atomic E-state index is 10.4. The van der Waals surface area contributed by atoms with Crippen molar-refractivity contribution >= 4 is 11.6 Å². The summed E-state index contributed by atoms with van der Waals surface area (Å²) in [6.45, 7) is 1.68. The Morgan fingerprint density at radius 1 is 1.31 bits per heavy atom. The number of rotatable bonds is 2. The van der Waals surface area contributed by atoms with Crippen molar-refractivity contribution in [2.24, 2.45) is 0 Å². The van der Waals surface area contributed by atoms with Crippen molar-refractivity contribution in [3.63, 3.8) is 0 Å². The molecule has 0 aromatic heterocycles. The summed E-state index contributed by atoms with van der Waals surface area (Å²) in [5, 5.41) is 23.3. The van der Waals surface area contributed by atoms with Crippen molar-refractivity contribution in [2.75, 3.05) is 13.1 Å². The summed E-state index contributed by atoms with van der Waals surface area (Å²) in [4.78, 5) is 0. The molecule has 0 amide bonds. The molecule has 1 fully saturated rings. The third kappa shape index (κ3) is 2.67. The Morgan fingerprint density at radius 3 is 2.62 bits per heavy atom. The average molecular weight is 242 g/mol. The van der Waals surface area contributed by atoms with Crippen LogP contribution in [0.1, 0.15) is 18.4 Å². The first-order chi connectivity index (χ1) is 7.59. The standard InChI is InChI=1S/C12H16ClNO2/c13-11-7-10(15)2-1-9(11)8-12(16)3-5-14-6-4-12/h1-2,7,14-16H,3-6,8H2. The first-order valence-corrected chi connectivity index (χ1v) is 5.87. The van der Waals surface area contributed by atoms with Gasteiger partial charge in [-0.2, -0.15) is 0 Å². The molecule has 3 nitrogen and oxygen atoms in total. The van der Waals surface area contributed by atoms with E-state index in [1.54, 1.807) is 12.1 Å². The molecule has 0 spiro atoms. The molecule has 1 heterocycles. The topological polar surface area (TPSA) is 52.5 Å². The molecule has 0 radical (unpaired) electrons. The highest BCUT2D eigenvalue weighted by Gasteiger charge is 2.29. The van der Waals surface area contributed by atoms with Crippen molar-refractivity contribution in [1.82, 2.24) is 5.32 Å². The highest BCUT2D eigenvalue weighted by molar-refractivity contribution is 6.31. The van der Waals surface area contributed by atoms with Gasteiger partial charge < -0.3 is 15.5 Å². The minimum atomic E-state index is -0.661. The van der Waals surface area contributed by atoms with Crippen LogP contribution in [0.25, 0.3) is 0 Å². The fourth-order valence-corrected chi connectivity index (χ4v) is 2.34. The molecule has 0 atom stereocenters. The molecule has 88 valence electrons. The molecule has 3 N–H and O–H groups in total. The van der Waals surface area contributed by atoms with E-state index in [2.05, 4.69) is 5.32 Å². The first kappa shape index (κ1) is 11.7. The van der Waals surface area contributed by atoms with Crippen molar-refractivity contribution in [3.8, 4) is 5.75 Å². The van der Waals surface area contributed by atoms with Gasteiger partial charge in [0.25, 0.3) is 0 Å². The highest BCUT2D eigenvalue weighted by Crippen LogP contribution is 2.29. The molecule has 1 aliphatic rings. The van der Waals surface area contributed by atoms with Crippen LogP contribution < -0.4 is 5.32 Å². The first-order valence-electron chi connectivity index (χ1n) is 5.50. The van der Waals surface area contributed by atoms with E-state index in [4.69, 9.17) is 11.6 Å². The molecule has 1 aliphatic heterocycles. The minimum Gasteiger partial charge on any atom is -0.508 e. The van der Waals surface area contributed by atoms with E-state index >= 15 is 0 Å². The third-order valence-electron chi connectivity index (χ3n) is 3.09. The summed E-state index contributed by atoms with van der Waals surface area (Å²) < 4.78 is 0. The lowest BCUT2D eigenvalue weighted by Gasteiger charge is -2.32. The van der Waals surface area contributed by atoms with Crippen molar-refractivity contribution in [3.05, 3.63) is 28.8 Å². The van der Waals surface area contributed by atoms with Gasteiger partial charge in [-0.3, -0.25) is 0 Å². The molecule has 2 rings (SSSR count). The molecule has 0 bridgehead atoms. The largest absolute Gasteiger partial charge is 0.508 e. The second kappa shape index (κ2) is 4.62. The van der Waals surface area contributed by atoms with Crippen LogP contribution in [0.4, 0.5) is 0 Å². The van der Waals surface area contributed by atoms with Gasteiger partial charge in [0.15, 0.2) is 0 Å². The lowest BCUT2D eigenvalue weighted by Crippen LogP contribution is -2.43. The van der Waals surface area contributed by atoms with Crippen LogP contribution in [-0.2, 0) is 6.42 Å². The summed E-state index contributed by atoms with van der Waals surface area (Å²) in [5.41, 5.74) is 0.232. The van der Waals surface area contributed by atoms with Gasteiger partial charge in [-0.05, 0) is 43.6 Å². The summed E-state index contributed by atoms with van der Waals surface area (Å²) in [5.74, 6) is 0.158. The van der Waals surface area contributed by atoms with Gasteiger partial charge in [-0.15, -0.1) is 0 Å². The second-order valence-electron chi connectivity index (χ2n) is 4.43. The molecule has 1 aromatic rings. The lowest BCUT2D eigenvalue weighted by atomic mass is 9.86. The number of nitrogens with one attached hydrogen (secondary N) is 1. The normalized spacial score (nSPS) is 19.6. The van der Waals surface area contributed by atoms with Crippen LogP contribution in [0, 0.1) is 0 Å². The number of halogens is 1. The van der Waals surface area contributed by atoms with E-state index in [0.29, 0.717) is 11.4 Å². The Morgan fingerprint density at radius 2 is 2.00 bits per heavy atom. The summed E-state index contributed by atoms with van der Waals surface area (Å²) >= 11 is 6.02. The molecule has 16 heavy (non-hydrogen) atoms. The zero-order chi connectivity index (χ0) is 11.6. The van der Waals surface area contributed by atoms with Crippen LogP contribution >= 0.6 is 11.6 Å². The number of hydrogen-bond acceptors (Lipinski definition) is 3. The van der Waals surface area contributed by atoms with E-state index < -0.39 is 5.60 Å². The van der Waals surface area contributed by atoms with Crippen LogP contribution in [0.15, 0.2) is 18.2 Å². The number of aliphatic hydroxyl groups is 1. The monoisotopic (exact) mass is 241 g/mol. The number of benzene rings is 1. The van der Waals surface area contributed by atoms with Crippen LogP contribution in [0.5, 0.6) is 5.75 Å². The molecule has 0 unspecified atom stereocenters. The van der Waals surface area contributed by atoms with E-state index in [-0.39, 0.29) is 5.75 Å². The quantitative estimate of drug-likeness (QED) is 0.739. The Balaban J connectivity index is 2.13. The Kier molecular flexibility index (Phi) is 3.38. The van der Waals surface area contributed by atoms with Crippen LogP contribution in [-0.4, -0.2) is 28.9 Å². The van der Waals surface area contributed by atoms with Gasteiger partial charge in [0.1, 0.15) is 5.75 Å². The van der Waals surface area contributed by atoms with E-state index in [9.17, 15) is 10.2 Å². The molecule has 1 aromatic carbocycles. The summed E-state index contributed by atoms with van der Waals surface area (Å²) in [6.07, 6.45) is 2.03. The van der Waals surface area contributed by atoms with E-state index in [0.717, 1.165) is 31.5 Å². The Hall–Kier alpha value is -0.770. The van der Waals surface area contributed by atoms with Gasteiger partial charge >= 0.3 is 0 Å². The van der Waals surface area contributed by atoms with Crippen molar-refractivity contribution in [2.45, 2.75) is 24.9 Å². The van der Waals surface area contributed by atoms with E-state index in [1.807, 2.05) is 0 Å². The number of phenolic OH excluding ortho intramolecular Hbond substituents is 1. The molecule has 0 aliphatic carbocycles. The maximum atomic E-state index is 10.4. The van der Waals surface area contributed by atoms with Crippen molar-refractivity contribution in [1.29, 1.82) is 0 Å². The van der Waals surface area contributed by atoms with Gasteiger partial charge in [0.2, 0.25) is 0 Å². The molecular weight excluding hydrogens is 226 g/mol. The Bertz CT molecular complexity index is 375. The van der Waals surface area contributed by atoms with Gasteiger partial charge in [-0.25, -0.2) is 0 Å². The number of phenols is 1. The third-order valence-corrected chi connectivity index (χ3v) is 3.44. The molecule has 4 heteroatoms. The fourth-order valence-electron chi connectivity index (χ4n) is 2.10. The zero-order valence-electron chi connectivity index (χ0n) is 9.04. The average Bonchev–Trinajstić information content (AvgIpc) is 2.23. The summed E-state index contributed by atoms with van der Waals surface area (Å²) in [7, 11) is 0. The predicted molar refractivity (Wildman–Crippen MR) is 63.9 cm³/mol. The smallest absolute Gasteiger partial charge is 0.117 e. The van der Waals surface area contributed by atoms with Crippen LogP contribution in [0.3, 0.4) is 0 Å². The van der Waals surface area contributed by atoms with Gasteiger partial charge in [0.05, 0.1) is 5.60 Å². The van der Waals surface area contributed by atoms with Gasteiger partial charge in [-0.1, -0.05) is 17.7 Å². The number of piperidine rings is 1. The predicted octanol–water partition coefficient (Wildman–Crippen LogP) is 1.70. The molecule has 0 saturated carbocycles. The van der Waals surface area contributed by atoms with Crippen molar-refractivity contribution < 1.29 is 10.2 Å². The highest BCUT2D eigenvalue weighted by atomic mass is 35.5. The summed E-state index contributed by atoms with van der Waals surface area (Å²) in [6, 6.07) is 4.89. The number of hydrogen-bond donors (Lipinski definition) is 3. The fraction of sp³-hybridized carbons (Fsp3) is 0.500. The zero-order valence-corrected chi connectivity index (χ0v) is 9.80. The molecular formula is C12H16ClNO2. The number of aromatic hydroxyl groups is 1. The molecule has 1 saturated heterocycles. The minimum absolute atomic E-state index is 0.158. The lowest BCUT2D eigenvalue weighted by molar-refractivity contribution is 0.0109. The second-order valence-corrected chi connectivity index (χ2v) is 4.83. The van der Waals surface area contributed by atoms with Gasteiger partial charge in [0, 0.05) is 11.4 Å². The maximum Gasteiger partial charge on any atom is 0.117 e. The Labute approximate surface area is 100 Å². The SMILES string of the molecule is Oc1ccc(CC2(O)CCNCC2)c(Cl)c1. The van der Waals surface area contributed by atoms with Crippen LogP contribution in [0.2, 0.25) is 5.02 Å².